The van der Waals surface area contributed by atoms with Crippen LogP contribution in [0.2, 0.25) is 0 Å². The van der Waals surface area contributed by atoms with Crippen molar-refractivity contribution in [3.63, 3.8) is 0 Å². The number of aliphatic imine (C=N–C) groups is 1. The highest BCUT2D eigenvalue weighted by Gasteiger charge is 2.21. The number of ether oxygens (including phenoxy) is 2. The molecule has 18 heavy (non-hydrogen) atoms. The molecule has 0 bridgehead atoms. The Kier molecular flexibility index (Phi) is 3.50. The molecule has 5 heteroatoms. The highest BCUT2D eigenvalue weighted by molar-refractivity contribution is 6.06. The molecule has 1 heterocycles. The number of hydrogen-bond donors (Lipinski definition) is 1. The van der Waals surface area contributed by atoms with Gasteiger partial charge in [-0.25, -0.2) is 0 Å². The quantitative estimate of drug-likeness (QED) is 0.870. The topological polar surface area (TPSA) is 59.9 Å². The number of nitrogens with one attached hydrogen (secondary N) is 1. The van der Waals surface area contributed by atoms with E-state index in [-0.39, 0.29) is 11.9 Å². The average Bonchev–Trinajstić information content (AvgIpc) is 2.68. The molecule has 0 aliphatic carbocycles. The number of methoxy groups -OCH3 is 2. The minimum absolute atomic E-state index is 0.0505. The molecule has 1 N–H and O–H groups in total. The molecule has 1 aliphatic heterocycles. The van der Waals surface area contributed by atoms with Crippen molar-refractivity contribution in [2.75, 3.05) is 14.2 Å². The van der Waals surface area contributed by atoms with Crippen LogP contribution in [0.25, 0.3) is 0 Å². The fourth-order valence-electron chi connectivity index (χ4n) is 1.85. The van der Waals surface area contributed by atoms with Crippen LogP contribution in [0.3, 0.4) is 0 Å². The molecule has 2 rings (SSSR count). The molecule has 1 aromatic rings. The van der Waals surface area contributed by atoms with E-state index in [1.54, 1.807) is 21.1 Å². The summed E-state index contributed by atoms with van der Waals surface area (Å²) in [5.41, 5.74) is 1.01. The second-order valence-corrected chi connectivity index (χ2v) is 4.11. The van der Waals surface area contributed by atoms with Crippen LogP contribution in [-0.4, -0.2) is 32.0 Å². The van der Waals surface area contributed by atoms with E-state index >= 15 is 0 Å². The molecule has 1 amide bonds. The van der Waals surface area contributed by atoms with Crippen LogP contribution in [-0.2, 0) is 11.2 Å². The lowest BCUT2D eigenvalue weighted by molar-refractivity contribution is -0.119. The summed E-state index contributed by atoms with van der Waals surface area (Å²) in [5, 5.41) is 2.76. The normalized spacial score (nSPS) is 18.3. The summed E-state index contributed by atoms with van der Waals surface area (Å²) in [4.78, 5) is 15.6. The number of carbonyl (C=O) groups is 1. The van der Waals surface area contributed by atoms with Crippen molar-refractivity contribution in [3.8, 4) is 11.5 Å². The predicted octanol–water partition coefficient (Wildman–Crippen LogP) is 1.16. The molecular weight excluding hydrogens is 232 g/mol. The van der Waals surface area contributed by atoms with Crippen LogP contribution in [0, 0.1) is 0 Å². The van der Waals surface area contributed by atoms with E-state index in [9.17, 15) is 4.79 Å². The van der Waals surface area contributed by atoms with Crippen molar-refractivity contribution in [1.82, 2.24) is 5.32 Å². The number of carbonyl (C=O) groups excluding carboxylic acids is 1. The summed E-state index contributed by atoms with van der Waals surface area (Å²) >= 11 is 0. The highest BCUT2D eigenvalue weighted by Crippen LogP contribution is 2.27. The molecule has 1 unspecified atom stereocenters. The van der Waals surface area contributed by atoms with Crippen molar-refractivity contribution in [1.29, 1.82) is 0 Å². The standard InChI is InChI=1S/C13H16N2O3/c1-8-13(16)15-12(14-8)7-9-4-5-10(17-2)11(6-9)18-3/h4-6,8H,7H2,1-3H3,(H,14,15,16). The number of amides is 1. The van der Waals surface area contributed by atoms with Crippen molar-refractivity contribution in [3.05, 3.63) is 23.8 Å². The molecule has 0 saturated carbocycles. The first kappa shape index (κ1) is 12.4. The third-order valence-electron chi connectivity index (χ3n) is 2.82. The van der Waals surface area contributed by atoms with Crippen molar-refractivity contribution in [2.45, 2.75) is 19.4 Å². The molecule has 0 fully saturated rings. The first-order valence-corrected chi connectivity index (χ1v) is 5.72. The lowest BCUT2D eigenvalue weighted by Gasteiger charge is -2.09. The largest absolute Gasteiger partial charge is 0.493 e. The fourth-order valence-corrected chi connectivity index (χ4v) is 1.85. The van der Waals surface area contributed by atoms with Gasteiger partial charge in [0.15, 0.2) is 11.5 Å². The summed E-state index contributed by atoms with van der Waals surface area (Å²) in [6.45, 7) is 1.77. The number of benzene rings is 1. The van der Waals surface area contributed by atoms with Gasteiger partial charge < -0.3 is 14.8 Å². The molecule has 5 nitrogen and oxygen atoms in total. The number of nitrogens with zero attached hydrogens (tertiary/aromatic N) is 1. The zero-order valence-corrected chi connectivity index (χ0v) is 10.7. The van der Waals surface area contributed by atoms with E-state index in [4.69, 9.17) is 9.47 Å². The zero-order chi connectivity index (χ0) is 13.1. The monoisotopic (exact) mass is 248 g/mol. The molecule has 0 saturated heterocycles. The minimum atomic E-state index is -0.292. The van der Waals surface area contributed by atoms with Crippen molar-refractivity contribution >= 4 is 11.7 Å². The van der Waals surface area contributed by atoms with E-state index in [1.165, 1.54) is 0 Å². The molecule has 1 atom stereocenters. The van der Waals surface area contributed by atoms with E-state index in [0.29, 0.717) is 23.8 Å². The van der Waals surface area contributed by atoms with Crippen molar-refractivity contribution < 1.29 is 14.3 Å². The Balaban J connectivity index is 2.15. The third kappa shape index (κ3) is 2.45. The molecule has 96 valence electrons. The SMILES string of the molecule is COc1ccc(CC2=NC(C)C(=O)N2)cc1OC. The molecule has 0 spiro atoms. The summed E-state index contributed by atoms with van der Waals surface area (Å²) in [7, 11) is 3.19. The molecular formula is C13H16N2O3. The van der Waals surface area contributed by atoms with E-state index < -0.39 is 0 Å². The molecule has 1 aliphatic rings. The van der Waals surface area contributed by atoms with Gasteiger partial charge in [-0.15, -0.1) is 0 Å². The molecule has 1 aromatic carbocycles. The Hall–Kier alpha value is -2.04. The van der Waals surface area contributed by atoms with Crippen LogP contribution in [0.1, 0.15) is 12.5 Å². The smallest absolute Gasteiger partial charge is 0.249 e. The van der Waals surface area contributed by atoms with Gasteiger partial charge in [-0.05, 0) is 24.6 Å². The number of rotatable bonds is 4. The highest BCUT2D eigenvalue weighted by atomic mass is 16.5. The zero-order valence-electron chi connectivity index (χ0n) is 10.7. The Morgan fingerprint density at radius 1 is 1.28 bits per heavy atom. The lowest BCUT2D eigenvalue weighted by Crippen LogP contribution is -2.28. The second-order valence-electron chi connectivity index (χ2n) is 4.11. The van der Waals surface area contributed by atoms with Gasteiger partial charge in [0.2, 0.25) is 5.91 Å². The predicted molar refractivity (Wildman–Crippen MR) is 68.3 cm³/mol. The van der Waals surface area contributed by atoms with E-state index in [1.807, 2.05) is 18.2 Å². The van der Waals surface area contributed by atoms with Gasteiger partial charge in [0.25, 0.3) is 0 Å². The Bertz CT molecular complexity index is 497. The molecule has 0 radical (unpaired) electrons. The Morgan fingerprint density at radius 2 is 2.00 bits per heavy atom. The van der Waals surface area contributed by atoms with Crippen LogP contribution in [0.5, 0.6) is 11.5 Å². The van der Waals surface area contributed by atoms with Gasteiger partial charge in [0.05, 0.1) is 14.2 Å². The summed E-state index contributed by atoms with van der Waals surface area (Å²) < 4.78 is 10.4. The van der Waals surface area contributed by atoms with Gasteiger partial charge in [-0.1, -0.05) is 6.07 Å². The fraction of sp³-hybridized carbons (Fsp3) is 0.385. The average molecular weight is 248 g/mol. The van der Waals surface area contributed by atoms with E-state index in [2.05, 4.69) is 10.3 Å². The van der Waals surface area contributed by atoms with Gasteiger partial charge >= 0.3 is 0 Å². The summed E-state index contributed by atoms with van der Waals surface area (Å²) in [6, 6.07) is 5.37. The maximum Gasteiger partial charge on any atom is 0.249 e. The number of hydrogen-bond acceptors (Lipinski definition) is 4. The van der Waals surface area contributed by atoms with Crippen LogP contribution in [0.15, 0.2) is 23.2 Å². The maximum atomic E-state index is 11.3. The van der Waals surface area contributed by atoms with Crippen LogP contribution < -0.4 is 14.8 Å². The maximum absolute atomic E-state index is 11.3. The first-order chi connectivity index (χ1) is 8.63. The summed E-state index contributed by atoms with van der Waals surface area (Å²) in [6.07, 6.45) is 0.580. The van der Waals surface area contributed by atoms with Gasteiger partial charge in [0, 0.05) is 6.42 Å². The Morgan fingerprint density at radius 3 is 2.56 bits per heavy atom. The van der Waals surface area contributed by atoms with Crippen LogP contribution >= 0.6 is 0 Å². The first-order valence-electron chi connectivity index (χ1n) is 5.72. The van der Waals surface area contributed by atoms with Crippen LogP contribution in [0.4, 0.5) is 0 Å². The number of amidine groups is 1. The summed E-state index contributed by atoms with van der Waals surface area (Å²) in [5.74, 6) is 2.00. The Labute approximate surface area is 106 Å². The third-order valence-corrected chi connectivity index (χ3v) is 2.82. The minimum Gasteiger partial charge on any atom is -0.493 e. The van der Waals surface area contributed by atoms with E-state index in [0.717, 1.165) is 5.56 Å². The van der Waals surface area contributed by atoms with Crippen molar-refractivity contribution in [2.24, 2.45) is 4.99 Å². The second kappa shape index (κ2) is 5.08. The van der Waals surface area contributed by atoms with Gasteiger partial charge in [-0.3, -0.25) is 9.79 Å². The van der Waals surface area contributed by atoms with Gasteiger partial charge in [-0.2, -0.15) is 0 Å². The molecule has 0 aromatic heterocycles. The lowest BCUT2D eigenvalue weighted by atomic mass is 10.1. The van der Waals surface area contributed by atoms with Gasteiger partial charge in [0.1, 0.15) is 11.9 Å².